The summed E-state index contributed by atoms with van der Waals surface area (Å²) in [6.07, 6.45) is 5.05. The zero-order valence-corrected chi connectivity index (χ0v) is 25.5. The maximum atomic E-state index is 11.8. The first-order valence-corrected chi connectivity index (χ1v) is 11.6. The summed E-state index contributed by atoms with van der Waals surface area (Å²) in [6.45, 7) is 9.49. The number of allylic oxidation sites excluding steroid dienone is 1. The minimum Gasteiger partial charge on any atom is -0.659 e. The number of nitrogens with zero attached hydrogens (tertiary/aromatic N) is 6. The van der Waals surface area contributed by atoms with Gasteiger partial charge in [-0.3, -0.25) is 4.79 Å². The van der Waals surface area contributed by atoms with Crippen LogP contribution in [0.15, 0.2) is 67.6 Å². The van der Waals surface area contributed by atoms with Crippen molar-refractivity contribution in [1.82, 2.24) is 24.9 Å². The second-order valence-electron chi connectivity index (χ2n) is 8.28. The Bertz CT molecular complexity index is 1360. The van der Waals surface area contributed by atoms with E-state index in [0.29, 0.717) is 18.0 Å². The van der Waals surface area contributed by atoms with Crippen molar-refractivity contribution >= 4 is 28.7 Å². The Kier molecular flexibility index (Phi) is 9.02. The Morgan fingerprint density at radius 1 is 1.11 bits per heavy atom. The molecule has 1 saturated heterocycles. The molecule has 0 bridgehead atoms. The van der Waals surface area contributed by atoms with Crippen molar-refractivity contribution in [2.75, 3.05) is 36.4 Å². The van der Waals surface area contributed by atoms with Gasteiger partial charge in [0.15, 0.2) is 11.5 Å². The number of fused-ring (bicyclic) bond motifs is 2. The molecule has 0 aliphatic carbocycles. The fraction of sp³-hybridized carbons (Fsp3) is 0.231. The number of hydrogen-bond acceptors (Lipinski definition) is 6. The molecule has 0 unspecified atom stereocenters. The third kappa shape index (κ3) is 5.60. The Labute approximate surface area is 259 Å². The molecule has 0 spiro atoms. The number of carbonyl (C=O) groups excluding carboxylic acids is 1. The van der Waals surface area contributed by atoms with E-state index in [0.717, 1.165) is 54.3 Å². The molecule has 2 aliphatic rings. The SMILES string of the molecule is C=CC.O=C1NCc2cc(-c3cnc(Nc4ccc(N5CC[N-]CC5)cc4)c4ncnn34)ccc21.[Rb+]. The average Bonchev–Trinajstić information content (AvgIpc) is 3.53. The van der Waals surface area contributed by atoms with E-state index in [1.807, 2.05) is 37.3 Å². The molecule has 6 rings (SSSR count). The van der Waals surface area contributed by atoms with Gasteiger partial charge in [-0.25, -0.2) is 14.5 Å². The van der Waals surface area contributed by atoms with Gasteiger partial charge in [0.25, 0.3) is 5.91 Å². The summed E-state index contributed by atoms with van der Waals surface area (Å²) >= 11 is 0. The molecule has 0 saturated carbocycles. The topological polar surface area (TPSA) is 102 Å². The van der Waals surface area contributed by atoms with Crippen molar-refractivity contribution in [3.8, 4) is 11.3 Å². The van der Waals surface area contributed by atoms with Crippen LogP contribution < -0.4 is 73.7 Å². The Morgan fingerprint density at radius 2 is 1.86 bits per heavy atom. The van der Waals surface area contributed by atoms with Gasteiger partial charge in [-0.05, 0) is 62.0 Å². The van der Waals surface area contributed by atoms with E-state index in [1.165, 1.54) is 12.0 Å². The smallest absolute Gasteiger partial charge is 0.659 e. The van der Waals surface area contributed by atoms with Gasteiger partial charge >= 0.3 is 58.2 Å². The second-order valence-corrected chi connectivity index (χ2v) is 8.28. The standard InChI is InChI=1S/C23H21N8O.C3H6.Rb/c32-23-19-6-1-15(11-16(19)12-26-23)20-13-25-21(22-27-14-28-31(20)22)29-17-2-4-18(5-3-17)30-9-7-24-8-10-30;1-3-2;/h1-6,11,13-14H,7-10,12H2,(H,25,29)(H,26,32);3H,1H2,2H3;/q-1;;+1. The zero-order chi connectivity index (χ0) is 24.2. The minimum atomic E-state index is -0.0311. The molecule has 0 atom stereocenters. The quantitative estimate of drug-likeness (QED) is 0.369. The van der Waals surface area contributed by atoms with Gasteiger partial charge < -0.3 is 20.9 Å². The van der Waals surface area contributed by atoms with E-state index in [9.17, 15) is 4.79 Å². The molecule has 2 aromatic heterocycles. The molecule has 10 heteroatoms. The zero-order valence-electron chi connectivity index (χ0n) is 20.6. The van der Waals surface area contributed by atoms with E-state index in [2.05, 4.69) is 54.6 Å². The number of benzene rings is 2. The summed E-state index contributed by atoms with van der Waals surface area (Å²) in [6, 6.07) is 14.1. The Hall–Kier alpha value is -2.43. The van der Waals surface area contributed by atoms with Crippen molar-refractivity contribution < 1.29 is 63.0 Å². The monoisotopic (exact) mass is 552 g/mol. The van der Waals surface area contributed by atoms with Gasteiger partial charge in [0.05, 0.1) is 11.9 Å². The number of carbonyl (C=O) groups is 1. The number of nitrogens with one attached hydrogen (secondary N) is 2. The van der Waals surface area contributed by atoms with Crippen molar-refractivity contribution in [3.05, 3.63) is 84.1 Å². The first-order valence-electron chi connectivity index (χ1n) is 11.6. The van der Waals surface area contributed by atoms with Gasteiger partial charge in [0.1, 0.15) is 6.33 Å². The maximum absolute atomic E-state index is 11.8. The van der Waals surface area contributed by atoms with Gasteiger partial charge in [-0.15, -0.1) is 19.7 Å². The molecule has 4 heterocycles. The van der Waals surface area contributed by atoms with E-state index in [1.54, 1.807) is 16.8 Å². The molecule has 4 aromatic rings. The van der Waals surface area contributed by atoms with Crippen LogP contribution in [0.2, 0.25) is 0 Å². The van der Waals surface area contributed by atoms with Crippen molar-refractivity contribution in [3.63, 3.8) is 0 Å². The van der Waals surface area contributed by atoms with Gasteiger partial charge in [-0.1, -0.05) is 12.1 Å². The number of amides is 1. The summed E-state index contributed by atoms with van der Waals surface area (Å²) in [4.78, 5) is 23.2. The summed E-state index contributed by atoms with van der Waals surface area (Å²) in [5.41, 5.74) is 6.22. The molecule has 1 amide bonds. The van der Waals surface area contributed by atoms with E-state index in [-0.39, 0.29) is 64.1 Å². The van der Waals surface area contributed by atoms with Gasteiger partial charge in [0.2, 0.25) is 0 Å². The van der Waals surface area contributed by atoms with Crippen LogP contribution in [-0.4, -0.2) is 51.7 Å². The Morgan fingerprint density at radius 3 is 2.61 bits per heavy atom. The van der Waals surface area contributed by atoms with Crippen LogP contribution in [0.5, 0.6) is 0 Å². The van der Waals surface area contributed by atoms with Crippen molar-refractivity contribution in [2.24, 2.45) is 0 Å². The van der Waals surface area contributed by atoms with Crippen molar-refractivity contribution in [1.29, 1.82) is 0 Å². The first kappa shape index (κ1) is 26.6. The average molecular weight is 553 g/mol. The van der Waals surface area contributed by atoms with E-state index in [4.69, 9.17) is 0 Å². The predicted molar refractivity (Wildman–Crippen MR) is 138 cm³/mol. The summed E-state index contributed by atoms with van der Waals surface area (Å²) < 4.78 is 1.77. The fourth-order valence-electron chi connectivity index (χ4n) is 4.25. The molecule has 2 N–H and O–H groups in total. The summed E-state index contributed by atoms with van der Waals surface area (Å²) in [5.74, 6) is 0.602. The number of hydrogen-bond donors (Lipinski definition) is 2. The fourth-order valence-corrected chi connectivity index (χ4v) is 4.25. The van der Waals surface area contributed by atoms with Crippen LogP contribution in [0.4, 0.5) is 17.2 Å². The largest absolute Gasteiger partial charge is 1.00 e. The Balaban J connectivity index is 0.000000726. The summed E-state index contributed by atoms with van der Waals surface area (Å²) in [7, 11) is 0. The molecule has 178 valence electrons. The van der Waals surface area contributed by atoms with E-state index >= 15 is 0 Å². The van der Waals surface area contributed by atoms with E-state index < -0.39 is 0 Å². The molecule has 2 aromatic carbocycles. The van der Waals surface area contributed by atoms with Gasteiger partial charge in [-0.2, -0.15) is 5.10 Å². The molecular weight excluding hydrogens is 526 g/mol. The third-order valence-electron chi connectivity index (χ3n) is 5.94. The predicted octanol–water partition coefficient (Wildman–Crippen LogP) is 1.17. The normalized spacial score (nSPS) is 14.2. The molecule has 2 aliphatic heterocycles. The number of aromatic nitrogens is 4. The molecule has 1 fully saturated rings. The number of anilines is 3. The molecule has 0 radical (unpaired) electrons. The van der Waals surface area contributed by atoms with Crippen LogP contribution in [0.3, 0.4) is 0 Å². The first-order chi connectivity index (χ1) is 17.2. The minimum absolute atomic E-state index is 0. The van der Waals surface area contributed by atoms with Crippen LogP contribution in [0.1, 0.15) is 22.8 Å². The van der Waals surface area contributed by atoms with Gasteiger partial charge in [0, 0.05) is 29.0 Å². The number of rotatable bonds is 4. The third-order valence-corrected chi connectivity index (χ3v) is 5.94. The van der Waals surface area contributed by atoms with Crippen LogP contribution in [0.25, 0.3) is 22.2 Å². The summed E-state index contributed by atoms with van der Waals surface area (Å²) in [5, 5.41) is 15.0. The van der Waals surface area contributed by atoms with Crippen LogP contribution in [-0.2, 0) is 6.54 Å². The number of piperazine rings is 1. The second kappa shape index (κ2) is 12.2. The van der Waals surface area contributed by atoms with Crippen molar-refractivity contribution in [2.45, 2.75) is 13.5 Å². The molecule has 9 nitrogen and oxygen atoms in total. The maximum Gasteiger partial charge on any atom is 1.00 e. The van der Waals surface area contributed by atoms with Crippen LogP contribution in [0, 0.1) is 0 Å². The molecule has 36 heavy (non-hydrogen) atoms. The molecular formula is C26H27N8ORb. The van der Waals surface area contributed by atoms with Crippen LogP contribution >= 0.6 is 0 Å².